The first-order chi connectivity index (χ1) is 5.73. The monoisotopic (exact) mass is 174 g/mol. The smallest absolute Gasteiger partial charge is 0.196 e. The Morgan fingerprint density at radius 2 is 2.08 bits per heavy atom. The van der Waals surface area contributed by atoms with Crippen molar-refractivity contribution in [3.8, 4) is 0 Å². The Bertz CT molecular complexity index is 178. The van der Waals surface area contributed by atoms with Crippen LogP contribution in [0.5, 0.6) is 0 Å². The Hall–Kier alpha value is -0.160. The fourth-order valence-electron chi connectivity index (χ4n) is 1.95. The molecule has 0 aromatic carbocycles. The average Bonchev–Trinajstić information content (AvgIpc) is 2.87. The summed E-state index contributed by atoms with van der Waals surface area (Å²) in [4.78, 5) is 0. The molecule has 0 aromatic heterocycles. The lowest BCUT2D eigenvalue weighted by molar-refractivity contribution is -0.229. The lowest BCUT2D eigenvalue weighted by Crippen LogP contribution is -2.46. The normalized spacial score (nSPS) is 43.8. The highest BCUT2D eigenvalue weighted by Crippen LogP contribution is 2.45. The molecule has 1 heterocycles. The zero-order chi connectivity index (χ0) is 8.77. The molecule has 0 unspecified atom stereocenters. The number of rotatable bonds is 2. The molecule has 1 saturated carbocycles. The van der Waals surface area contributed by atoms with Crippen molar-refractivity contribution < 1.29 is 19.3 Å². The van der Waals surface area contributed by atoms with Crippen molar-refractivity contribution >= 4 is 0 Å². The number of aliphatic hydroxyl groups is 1. The molecule has 4 nitrogen and oxygen atoms in total. The Morgan fingerprint density at radius 1 is 1.42 bits per heavy atom. The van der Waals surface area contributed by atoms with E-state index in [9.17, 15) is 5.11 Å². The van der Waals surface area contributed by atoms with E-state index < -0.39 is 5.79 Å². The van der Waals surface area contributed by atoms with E-state index >= 15 is 0 Å². The first kappa shape index (κ1) is 8.44. The largest absolute Gasteiger partial charge is 0.390 e. The van der Waals surface area contributed by atoms with Gasteiger partial charge in [-0.25, -0.2) is 0 Å². The predicted molar refractivity (Wildman–Crippen MR) is 40.7 cm³/mol. The standard InChI is InChI=1S/C8H14O4/c1-10-8(11-2)4-3-5(9)6-7(8)12-6/h5-7,9H,3-4H2,1-2H3/t5-,6+,7+/m0/s1. The fraction of sp³-hybridized carbons (Fsp3) is 1.00. The highest BCUT2D eigenvalue weighted by atomic mass is 16.7. The van der Waals surface area contributed by atoms with Gasteiger partial charge in [0.1, 0.15) is 12.2 Å². The summed E-state index contributed by atoms with van der Waals surface area (Å²) in [5.41, 5.74) is 0. The van der Waals surface area contributed by atoms with E-state index in [0.717, 1.165) is 0 Å². The molecule has 1 aliphatic heterocycles. The summed E-state index contributed by atoms with van der Waals surface area (Å²) >= 11 is 0. The van der Waals surface area contributed by atoms with Crippen molar-refractivity contribution in [2.75, 3.05) is 14.2 Å². The van der Waals surface area contributed by atoms with Crippen molar-refractivity contribution in [1.82, 2.24) is 0 Å². The zero-order valence-corrected chi connectivity index (χ0v) is 7.32. The first-order valence-corrected chi connectivity index (χ1v) is 4.17. The van der Waals surface area contributed by atoms with Gasteiger partial charge in [0.15, 0.2) is 5.79 Å². The van der Waals surface area contributed by atoms with Crippen molar-refractivity contribution in [3.63, 3.8) is 0 Å². The SMILES string of the molecule is COC1(OC)CC[C@H](O)[C@H]2O[C@H]21. The van der Waals surface area contributed by atoms with E-state index in [0.29, 0.717) is 12.8 Å². The van der Waals surface area contributed by atoms with Gasteiger partial charge in [0.25, 0.3) is 0 Å². The summed E-state index contributed by atoms with van der Waals surface area (Å²) in [7, 11) is 3.22. The van der Waals surface area contributed by atoms with E-state index in [-0.39, 0.29) is 18.3 Å². The lowest BCUT2D eigenvalue weighted by Gasteiger charge is -2.33. The van der Waals surface area contributed by atoms with Crippen molar-refractivity contribution in [3.05, 3.63) is 0 Å². The van der Waals surface area contributed by atoms with Gasteiger partial charge >= 0.3 is 0 Å². The molecule has 0 spiro atoms. The molecule has 1 saturated heterocycles. The van der Waals surface area contributed by atoms with Gasteiger partial charge in [-0.1, -0.05) is 0 Å². The molecule has 0 amide bonds. The second-order valence-corrected chi connectivity index (χ2v) is 3.35. The van der Waals surface area contributed by atoms with Gasteiger partial charge in [0.2, 0.25) is 0 Å². The average molecular weight is 174 g/mol. The fourth-order valence-corrected chi connectivity index (χ4v) is 1.95. The summed E-state index contributed by atoms with van der Waals surface area (Å²) in [5.74, 6) is -0.607. The van der Waals surface area contributed by atoms with Gasteiger partial charge in [0, 0.05) is 20.6 Å². The van der Waals surface area contributed by atoms with Gasteiger partial charge in [-0.2, -0.15) is 0 Å². The van der Waals surface area contributed by atoms with Crippen molar-refractivity contribution in [2.45, 2.75) is 36.9 Å². The lowest BCUT2D eigenvalue weighted by atomic mass is 9.92. The number of hydrogen-bond donors (Lipinski definition) is 1. The molecule has 0 aromatic rings. The van der Waals surface area contributed by atoms with Crippen LogP contribution in [0.25, 0.3) is 0 Å². The molecule has 2 aliphatic rings. The molecular weight excluding hydrogens is 160 g/mol. The molecule has 2 rings (SSSR count). The highest BCUT2D eigenvalue weighted by molar-refractivity contribution is 5.05. The van der Waals surface area contributed by atoms with Crippen LogP contribution >= 0.6 is 0 Å². The minimum absolute atomic E-state index is 0.0707. The summed E-state index contributed by atoms with van der Waals surface area (Å²) < 4.78 is 15.8. The van der Waals surface area contributed by atoms with Gasteiger partial charge in [0.05, 0.1) is 6.10 Å². The van der Waals surface area contributed by atoms with E-state index in [2.05, 4.69) is 0 Å². The molecule has 1 N–H and O–H groups in total. The van der Waals surface area contributed by atoms with Gasteiger partial charge in [-0.05, 0) is 6.42 Å². The van der Waals surface area contributed by atoms with E-state index in [1.54, 1.807) is 14.2 Å². The van der Waals surface area contributed by atoms with Gasteiger partial charge < -0.3 is 19.3 Å². The minimum Gasteiger partial charge on any atom is -0.390 e. The highest BCUT2D eigenvalue weighted by Gasteiger charge is 2.62. The molecule has 3 atom stereocenters. The van der Waals surface area contributed by atoms with E-state index in [1.807, 2.05) is 0 Å². The summed E-state index contributed by atoms with van der Waals surface area (Å²) in [6, 6.07) is 0. The van der Waals surface area contributed by atoms with Crippen LogP contribution < -0.4 is 0 Å². The molecule has 70 valence electrons. The summed E-state index contributed by atoms with van der Waals surface area (Å²) in [6.07, 6.45) is 0.897. The van der Waals surface area contributed by atoms with Crippen LogP contribution in [0.4, 0.5) is 0 Å². The van der Waals surface area contributed by atoms with Crippen LogP contribution in [0.15, 0.2) is 0 Å². The maximum Gasteiger partial charge on any atom is 0.196 e. The van der Waals surface area contributed by atoms with Crippen LogP contribution in [0, 0.1) is 0 Å². The molecule has 0 radical (unpaired) electrons. The number of methoxy groups -OCH3 is 2. The summed E-state index contributed by atoms with van der Waals surface area (Å²) in [6.45, 7) is 0. The second-order valence-electron chi connectivity index (χ2n) is 3.35. The maximum atomic E-state index is 9.41. The third kappa shape index (κ3) is 0.992. The number of aliphatic hydroxyl groups excluding tert-OH is 1. The third-order valence-electron chi connectivity index (χ3n) is 2.82. The summed E-state index contributed by atoms with van der Waals surface area (Å²) in [5, 5.41) is 9.41. The minimum atomic E-state index is -0.607. The van der Waals surface area contributed by atoms with E-state index in [4.69, 9.17) is 14.2 Å². The number of epoxide rings is 1. The molecular formula is C8H14O4. The molecule has 4 heteroatoms. The number of fused-ring (bicyclic) bond motifs is 1. The van der Waals surface area contributed by atoms with E-state index in [1.165, 1.54) is 0 Å². The van der Waals surface area contributed by atoms with Crippen LogP contribution in [-0.4, -0.2) is 43.4 Å². The molecule has 0 bridgehead atoms. The predicted octanol–water partition coefficient (Wildman–Crippen LogP) is -0.102. The van der Waals surface area contributed by atoms with Crippen LogP contribution in [0.2, 0.25) is 0 Å². The zero-order valence-electron chi connectivity index (χ0n) is 7.32. The topological polar surface area (TPSA) is 51.2 Å². The Kier molecular flexibility index (Phi) is 1.88. The Morgan fingerprint density at radius 3 is 2.67 bits per heavy atom. The maximum absolute atomic E-state index is 9.41. The van der Waals surface area contributed by atoms with Gasteiger partial charge in [-0.15, -0.1) is 0 Å². The van der Waals surface area contributed by atoms with Crippen LogP contribution in [0.1, 0.15) is 12.8 Å². The van der Waals surface area contributed by atoms with Crippen molar-refractivity contribution in [2.24, 2.45) is 0 Å². The second kappa shape index (κ2) is 2.67. The Balaban J connectivity index is 2.09. The number of hydrogen-bond acceptors (Lipinski definition) is 4. The molecule has 12 heavy (non-hydrogen) atoms. The van der Waals surface area contributed by atoms with Crippen LogP contribution in [0.3, 0.4) is 0 Å². The molecule has 2 fully saturated rings. The number of ether oxygens (including phenoxy) is 3. The first-order valence-electron chi connectivity index (χ1n) is 4.17. The van der Waals surface area contributed by atoms with Gasteiger partial charge in [-0.3, -0.25) is 0 Å². The molecule has 1 aliphatic carbocycles. The Labute approximate surface area is 71.4 Å². The van der Waals surface area contributed by atoms with Crippen molar-refractivity contribution in [1.29, 1.82) is 0 Å². The van der Waals surface area contributed by atoms with Crippen LogP contribution in [-0.2, 0) is 14.2 Å². The quantitative estimate of drug-likeness (QED) is 0.469. The third-order valence-corrected chi connectivity index (χ3v) is 2.82.